The summed E-state index contributed by atoms with van der Waals surface area (Å²) in [5.74, 6) is 0. The van der Waals surface area contributed by atoms with Gasteiger partial charge in [-0.2, -0.15) is 0 Å². The van der Waals surface area contributed by atoms with Gasteiger partial charge >= 0.3 is 0 Å². The molecule has 1 aromatic heterocycles. The molecule has 4 heteroatoms. The zero-order valence-electron chi connectivity index (χ0n) is 11.0. The van der Waals surface area contributed by atoms with Crippen LogP contribution >= 0.6 is 0 Å². The molecule has 0 amide bonds. The lowest BCUT2D eigenvalue weighted by atomic mass is 9.99. The van der Waals surface area contributed by atoms with Crippen molar-refractivity contribution < 1.29 is 4.74 Å². The number of hydrogen-bond donors (Lipinski definition) is 1. The molecule has 0 radical (unpaired) electrons. The van der Waals surface area contributed by atoms with Gasteiger partial charge in [-0.05, 0) is 23.2 Å². The Morgan fingerprint density at radius 1 is 1.26 bits per heavy atom. The van der Waals surface area contributed by atoms with E-state index in [1.165, 1.54) is 16.7 Å². The van der Waals surface area contributed by atoms with Gasteiger partial charge in [0.2, 0.25) is 0 Å². The number of nitrogens with one attached hydrogen (secondary N) is 1. The van der Waals surface area contributed by atoms with Gasteiger partial charge < -0.3 is 10.1 Å². The van der Waals surface area contributed by atoms with Crippen LogP contribution in [0.25, 0.3) is 0 Å². The summed E-state index contributed by atoms with van der Waals surface area (Å²) in [5, 5.41) is 3.46. The molecule has 4 nitrogen and oxygen atoms in total. The molecule has 0 spiro atoms. The highest BCUT2D eigenvalue weighted by atomic mass is 16.5. The predicted molar refractivity (Wildman–Crippen MR) is 72.5 cm³/mol. The molecule has 0 aliphatic carbocycles. The fourth-order valence-corrected chi connectivity index (χ4v) is 2.43. The van der Waals surface area contributed by atoms with E-state index in [1.807, 2.05) is 6.20 Å². The average molecular weight is 255 g/mol. The standard InChI is InChI=1S/C15H17N3O/c1-2-17-15(14-8-16-5-6-18-14)11-3-4-12-9-19-10-13(12)7-11/h3-8,15,17H,2,9-10H2,1H3. The molecule has 1 aromatic carbocycles. The average Bonchev–Trinajstić information content (AvgIpc) is 2.93. The van der Waals surface area contributed by atoms with E-state index in [2.05, 4.69) is 40.4 Å². The van der Waals surface area contributed by atoms with Crippen molar-refractivity contribution in [2.45, 2.75) is 26.2 Å². The molecule has 0 saturated carbocycles. The fourth-order valence-electron chi connectivity index (χ4n) is 2.43. The number of rotatable bonds is 4. The molecule has 0 saturated heterocycles. The molecule has 19 heavy (non-hydrogen) atoms. The lowest BCUT2D eigenvalue weighted by Crippen LogP contribution is -2.23. The molecular weight excluding hydrogens is 238 g/mol. The fraction of sp³-hybridized carbons (Fsp3) is 0.333. The molecule has 98 valence electrons. The van der Waals surface area contributed by atoms with E-state index < -0.39 is 0 Å². The van der Waals surface area contributed by atoms with Crippen molar-refractivity contribution in [1.82, 2.24) is 15.3 Å². The lowest BCUT2D eigenvalue weighted by molar-refractivity contribution is 0.134. The van der Waals surface area contributed by atoms with Gasteiger partial charge in [0.1, 0.15) is 0 Å². The summed E-state index contributed by atoms with van der Waals surface area (Å²) >= 11 is 0. The SMILES string of the molecule is CCNC(c1ccc2c(c1)COC2)c1cnccn1. The Hall–Kier alpha value is -1.78. The molecule has 2 heterocycles. The highest BCUT2D eigenvalue weighted by Gasteiger charge is 2.18. The smallest absolute Gasteiger partial charge is 0.0801 e. The maximum Gasteiger partial charge on any atom is 0.0801 e. The van der Waals surface area contributed by atoms with E-state index in [-0.39, 0.29) is 6.04 Å². The van der Waals surface area contributed by atoms with E-state index in [0.717, 1.165) is 18.8 Å². The van der Waals surface area contributed by atoms with Crippen molar-refractivity contribution in [2.24, 2.45) is 0 Å². The van der Waals surface area contributed by atoms with Gasteiger partial charge in [-0.3, -0.25) is 9.97 Å². The molecule has 1 aliphatic heterocycles. The molecule has 0 fully saturated rings. The predicted octanol–water partition coefficient (Wildman–Crippen LogP) is 2.21. The van der Waals surface area contributed by atoms with Crippen LogP contribution in [0.4, 0.5) is 0 Å². The normalized spacial score (nSPS) is 15.2. The number of nitrogens with zero attached hydrogens (tertiary/aromatic N) is 2. The first-order valence-electron chi connectivity index (χ1n) is 6.57. The van der Waals surface area contributed by atoms with E-state index in [4.69, 9.17) is 4.74 Å². The van der Waals surface area contributed by atoms with Gasteiger partial charge in [-0.25, -0.2) is 0 Å². The molecular formula is C15H17N3O. The first kappa shape index (κ1) is 12.3. The summed E-state index contributed by atoms with van der Waals surface area (Å²) in [6.07, 6.45) is 5.25. The maximum atomic E-state index is 5.47. The Bertz CT molecular complexity index is 557. The van der Waals surface area contributed by atoms with Gasteiger partial charge in [-0.15, -0.1) is 0 Å². The Labute approximate surface area is 112 Å². The van der Waals surface area contributed by atoms with Gasteiger partial charge in [-0.1, -0.05) is 25.1 Å². The van der Waals surface area contributed by atoms with Crippen LogP contribution in [-0.2, 0) is 18.0 Å². The van der Waals surface area contributed by atoms with E-state index >= 15 is 0 Å². The van der Waals surface area contributed by atoms with Gasteiger partial charge in [0.05, 0.1) is 31.1 Å². The number of fused-ring (bicyclic) bond motifs is 1. The Morgan fingerprint density at radius 2 is 2.16 bits per heavy atom. The van der Waals surface area contributed by atoms with Crippen LogP contribution in [0.2, 0.25) is 0 Å². The van der Waals surface area contributed by atoms with Crippen LogP contribution in [0, 0.1) is 0 Å². The molecule has 1 N–H and O–H groups in total. The Balaban J connectivity index is 1.96. The zero-order valence-corrected chi connectivity index (χ0v) is 11.0. The number of benzene rings is 1. The topological polar surface area (TPSA) is 47.0 Å². The van der Waals surface area contributed by atoms with Gasteiger partial charge in [0, 0.05) is 12.4 Å². The molecule has 1 atom stereocenters. The maximum absolute atomic E-state index is 5.47. The molecule has 3 rings (SSSR count). The van der Waals surface area contributed by atoms with E-state index in [1.54, 1.807) is 12.4 Å². The second kappa shape index (κ2) is 5.47. The molecule has 1 unspecified atom stereocenters. The summed E-state index contributed by atoms with van der Waals surface area (Å²) in [5.41, 5.74) is 4.73. The van der Waals surface area contributed by atoms with Crippen molar-refractivity contribution in [3.8, 4) is 0 Å². The van der Waals surface area contributed by atoms with Crippen molar-refractivity contribution in [1.29, 1.82) is 0 Å². The molecule has 2 aromatic rings. The quantitative estimate of drug-likeness (QED) is 0.910. The third-order valence-electron chi connectivity index (χ3n) is 3.37. The Kier molecular flexibility index (Phi) is 3.53. The first-order chi connectivity index (χ1) is 9.38. The van der Waals surface area contributed by atoms with Crippen LogP contribution in [0.5, 0.6) is 0 Å². The minimum atomic E-state index is 0.0876. The van der Waals surface area contributed by atoms with Crippen molar-refractivity contribution in [2.75, 3.05) is 6.54 Å². The van der Waals surface area contributed by atoms with Crippen molar-refractivity contribution in [3.63, 3.8) is 0 Å². The second-order valence-electron chi connectivity index (χ2n) is 4.64. The minimum absolute atomic E-state index is 0.0876. The van der Waals surface area contributed by atoms with Crippen LogP contribution in [-0.4, -0.2) is 16.5 Å². The van der Waals surface area contributed by atoms with Crippen LogP contribution in [0.1, 0.15) is 35.3 Å². The first-order valence-corrected chi connectivity index (χ1v) is 6.57. The van der Waals surface area contributed by atoms with Crippen molar-refractivity contribution >= 4 is 0 Å². The highest BCUT2D eigenvalue weighted by Crippen LogP contribution is 2.26. The van der Waals surface area contributed by atoms with E-state index in [9.17, 15) is 0 Å². The minimum Gasteiger partial charge on any atom is -0.372 e. The molecule has 1 aliphatic rings. The van der Waals surface area contributed by atoms with E-state index in [0.29, 0.717) is 6.61 Å². The Morgan fingerprint density at radius 3 is 2.95 bits per heavy atom. The second-order valence-corrected chi connectivity index (χ2v) is 4.64. The lowest BCUT2D eigenvalue weighted by Gasteiger charge is -2.18. The largest absolute Gasteiger partial charge is 0.372 e. The third kappa shape index (κ3) is 2.50. The van der Waals surface area contributed by atoms with Crippen LogP contribution < -0.4 is 5.32 Å². The highest BCUT2D eigenvalue weighted by molar-refractivity contribution is 5.37. The van der Waals surface area contributed by atoms with Crippen molar-refractivity contribution in [3.05, 3.63) is 59.2 Å². The molecule has 0 bridgehead atoms. The third-order valence-corrected chi connectivity index (χ3v) is 3.37. The van der Waals surface area contributed by atoms with Gasteiger partial charge in [0.25, 0.3) is 0 Å². The summed E-state index contributed by atoms with van der Waals surface area (Å²) in [4.78, 5) is 8.57. The van der Waals surface area contributed by atoms with Gasteiger partial charge in [0.15, 0.2) is 0 Å². The van der Waals surface area contributed by atoms with Crippen LogP contribution in [0.3, 0.4) is 0 Å². The van der Waals surface area contributed by atoms with Crippen LogP contribution in [0.15, 0.2) is 36.8 Å². The number of aromatic nitrogens is 2. The number of hydrogen-bond acceptors (Lipinski definition) is 4. The monoisotopic (exact) mass is 255 g/mol. The zero-order chi connectivity index (χ0) is 13.1. The summed E-state index contributed by atoms with van der Waals surface area (Å²) in [7, 11) is 0. The number of ether oxygens (including phenoxy) is 1. The summed E-state index contributed by atoms with van der Waals surface area (Å²) in [6, 6.07) is 6.60. The summed E-state index contributed by atoms with van der Waals surface area (Å²) in [6.45, 7) is 4.42. The summed E-state index contributed by atoms with van der Waals surface area (Å²) < 4.78 is 5.47.